The summed E-state index contributed by atoms with van der Waals surface area (Å²) in [7, 11) is -11.4. The summed E-state index contributed by atoms with van der Waals surface area (Å²) in [5, 5.41) is 2.71. The van der Waals surface area contributed by atoms with Crippen molar-refractivity contribution in [2.45, 2.75) is 141 Å². The first-order chi connectivity index (χ1) is 21.5. The van der Waals surface area contributed by atoms with Gasteiger partial charge in [0, 0.05) is 31.6 Å². The zero-order valence-corrected chi connectivity index (χ0v) is 29.9. The first-order valence-electron chi connectivity index (χ1n) is 15.9. The Morgan fingerprint density at radius 2 is 1.00 bits per heavy atom. The van der Waals surface area contributed by atoms with Gasteiger partial charge in [0.05, 0.1) is 12.5 Å². The number of carbonyl (C=O) groups is 2. The van der Waals surface area contributed by atoms with Crippen LogP contribution in [-0.2, 0) is 51.6 Å². The summed E-state index contributed by atoms with van der Waals surface area (Å²) in [5.74, 6) is 3.20. The topological polar surface area (TPSA) is 149 Å². The standard InChI is InChI=1S/C14H23OS.C13H23OS.2CHF3O3S/c1-16(13-5-3-2-4-12(13)15)14-9-10-6-7-11(14)8-10;1-15(11-7-3-2-4-8-11)13-10-6-5-9-12(13)14;2*2-1(3,4)8(5,6)7/h10-11,13-14H,2-9H2,1H3;11,13H,2-10H2,1H3;2*(H,5,6,7)/q2*+1;;/p-2. The molecule has 0 aromatic rings. The largest absolute Gasteiger partial charge is 0.741 e. The number of rotatable bonds is 4. The minimum atomic E-state index is -6.09. The Bertz CT molecular complexity index is 1190. The predicted octanol–water partition coefficient (Wildman–Crippen LogP) is 6.12. The lowest BCUT2D eigenvalue weighted by Crippen LogP contribution is -2.41. The van der Waals surface area contributed by atoms with E-state index in [4.69, 9.17) is 25.9 Å². The third-order valence-corrected chi connectivity index (χ3v) is 16.7. The van der Waals surface area contributed by atoms with Crippen molar-refractivity contribution in [3.63, 3.8) is 0 Å². The molecule has 0 radical (unpaired) electrons. The lowest BCUT2D eigenvalue weighted by molar-refractivity contribution is -0.120. The van der Waals surface area contributed by atoms with Crippen molar-refractivity contribution in [3.05, 3.63) is 0 Å². The molecule has 0 N–H and O–H groups in total. The van der Waals surface area contributed by atoms with Gasteiger partial charge in [-0.15, -0.1) is 0 Å². The minimum Gasteiger partial charge on any atom is -0.741 e. The summed E-state index contributed by atoms with van der Waals surface area (Å²) in [4.78, 5) is 23.9. The predicted molar refractivity (Wildman–Crippen MR) is 169 cm³/mol. The van der Waals surface area contributed by atoms with Crippen LogP contribution in [-0.4, -0.2) is 82.0 Å². The molecule has 0 heterocycles. The fourth-order valence-corrected chi connectivity index (χ4v) is 12.7. The van der Waals surface area contributed by atoms with Crippen LogP contribution in [0.4, 0.5) is 26.3 Å². The third-order valence-electron chi connectivity index (χ3n) is 9.69. The molecule has 0 saturated heterocycles. The summed E-state index contributed by atoms with van der Waals surface area (Å²) in [5.41, 5.74) is -11.3. The van der Waals surface area contributed by atoms with Crippen LogP contribution in [0.25, 0.3) is 0 Å². The molecule has 5 aliphatic carbocycles. The van der Waals surface area contributed by atoms with E-state index in [1.165, 1.54) is 83.5 Å². The first-order valence-corrected chi connectivity index (χ1v) is 22.2. The number of ketones is 2. The molecular formula is C29H46F6O8S4. The van der Waals surface area contributed by atoms with Gasteiger partial charge in [0.2, 0.25) is 0 Å². The van der Waals surface area contributed by atoms with Crippen LogP contribution in [0, 0.1) is 11.8 Å². The van der Waals surface area contributed by atoms with E-state index in [-0.39, 0.29) is 0 Å². The number of hydrogen-bond acceptors (Lipinski definition) is 8. The van der Waals surface area contributed by atoms with Crippen molar-refractivity contribution in [2.75, 3.05) is 12.5 Å². The SMILES string of the molecule is C[S+](C1CCCCC1)C1CCCCC1=O.C[S+](C1CCCCC1=O)C1CC2CCC1C2.O=S(=O)([O-])C(F)(F)F.O=S(=O)([O-])C(F)(F)F. The van der Waals surface area contributed by atoms with Crippen LogP contribution >= 0.6 is 0 Å². The van der Waals surface area contributed by atoms with Gasteiger partial charge in [0.1, 0.15) is 10.5 Å². The van der Waals surface area contributed by atoms with Gasteiger partial charge in [0.15, 0.2) is 42.3 Å². The average molecular weight is 765 g/mol. The molecule has 7 unspecified atom stereocenters. The number of halogens is 6. The Hall–Kier alpha value is -0.560. The number of fused-ring (bicyclic) bond motifs is 2. The second-order valence-corrected chi connectivity index (χ2v) is 20.5. The highest BCUT2D eigenvalue weighted by molar-refractivity contribution is 7.98. The van der Waals surface area contributed by atoms with Gasteiger partial charge >= 0.3 is 11.0 Å². The van der Waals surface area contributed by atoms with Crippen molar-refractivity contribution in [2.24, 2.45) is 11.8 Å². The van der Waals surface area contributed by atoms with E-state index >= 15 is 0 Å². The van der Waals surface area contributed by atoms with Gasteiger partial charge in [-0.3, -0.25) is 9.59 Å². The Balaban J connectivity index is 0.000000230. The van der Waals surface area contributed by atoms with Gasteiger partial charge in [-0.1, -0.05) is 6.42 Å². The zero-order chi connectivity index (χ0) is 35.8. The third kappa shape index (κ3) is 13.3. The molecule has 5 rings (SSSR count). The van der Waals surface area contributed by atoms with E-state index in [1.807, 2.05) is 0 Å². The number of Topliss-reactive ketones (excluding diaryl/α,β-unsaturated/α-hetero) is 2. The second-order valence-electron chi connectivity index (χ2n) is 12.9. The molecule has 0 aromatic carbocycles. The van der Waals surface area contributed by atoms with Gasteiger partial charge in [0.25, 0.3) is 0 Å². The van der Waals surface area contributed by atoms with Gasteiger partial charge in [-0.25, -0.2) is 16.8 Å². The Labute approximate surface area is 280 Å². The summed E-state index contributed by atoms with van der Waals surface area (Å²) in [6.45, 7) is 0. The van der Waals surface area contributed by atoms with Gasteiger partial charge in [-0.2, -0.15) is 26.3 Å². The van der Waals surface area contributed by atoms with Crippen LogP contribution in [0.1, 0.15) is 109 Å². The highest BCUT2D eigenvalue weighted by Gasteiger charge is 2.51. The van der Waals surface area contributed by atoms with Crippen molar-refractivity contribution in [1.82, 2.24) is 0 Å². The number of carbonyl (C=O) groups excluding carboxylic acids is 2. The van der Waals surface area contributed by atoms with E-state index in [0.717, 1.165) is 48.0 Å². The summed E-state index contributed by atoms with van der Waals surface area (Å²) in [6.07, 6.45) is 26.7. The highest BCUT2D eigenvalue weighted by atomic mass is 32.2. The summed E-state index contributed by atoms with van der Waals surface area (Å²) < 4.78 is 118. The molecular weight excluding hydrogens is 719 g/mol. The van der Waals surface area contributed by atoms with Crippen LogP contribution < -0.4 is 0 Å². The fraction of sp³-hybridized carbons (Fsp3) is 0.931. The molecule has 5 fully saturated rings. The maximum atomic E-state index is 12.0. The average Bonchev–Trinajstić information content (AvgIpc) is 3.61. The van der Waals surface area contributed by atoms with Gasteiger partial charge < -0.3 is 9.11 Å². The maximum Gasteiger partial charge on any atom is 0.485 e. The lowest BCUT2D eigenvalue weighted by atomic mass is 9.99. The number of alkyl halides is 6. The molecule has 8 nitrogen and oxygen atoms in total. The zero-order valence-electron chi connectivity index (χ0n) is 26.7. The van der Waals surface area contributed by atoms with Crippen LogP contribution in [0.3, 0.4) is 0 Å². The highest BCUT2D eigenvalue weighted by Crippen LogP contribution is 2.49. The smallest absolute Gasteiger partial charge is 0.485 e. The molecule has 276 valence electrons. The van der Waals surface area contributed by atoms with Crippen molar-refractivity contribution >= 4 is 53.6 Å². The molecule has 5 aliphatic rings. The summed E-state index contributed by atoms with van der Waals surface area (Å²) >= 11 is 0. The number of hydrogen-bond donors (Lipinski definition) is 0. The van der Waals surface area contributed by atoms with E-state index < -0.39 is 31.3 Å². The molecule has 0 aromatic heterocycles. The van der Waals surface area contributed by atoms with E-state index in [0.29, 0.717) is 43.9 Å². The van der Waals surface area contributed by atoms with Crippen LogP contribution in [0.15, 0.2) is 0 Å². The monoisotopic (exact) mass is 764 g/mol. The first kappa shape index (κ1) is 42.6. The molecule has 0 aliphatic heterocycles. The van der Waals surface area contributed by atoms with Crippen molar-refractivity contribution < 1.29 is 61.9 Å². The molecule has 47 heavy (non-hydrogen) atoms. The Morgan fingerprint density at radius 3 is 1.34 bits per heavy atom. The van der Waals surface area contributed by atoms with E-state index in [2.05, 4.69) is 12.5 Å². The molecule has 2 bridgehead atoms. The molecule has 0 amide bonds. The summed E-state index contributed by atoms with van der Waals surface area (Å²) in [6, 6.07) is 0. The lowest BCUT2D eigenvalue weighted by Gasteiger charge is -2.27. The van der Waals surface area contributed by atoms with Crippen molar-refractivity contribution in [3.8, 4) is 0 Å². The minimum absolute atomic E-state index is 0.377. The van der Waals surface area contributed by atoms with E-state index in [1.54, 1.807) is 0 Å². The van der Waals surface area contributed by atoms with Crippen molar-refractivity contribution in [1.29, 1.82) is 0 Å². The quantitative estimate of drug-likeness (QED) is 0.144. The molecule has 5 saturated carbocycles. The second kappa shape index (κ2) is 18.1. The van der Waals surface area contributed by atoms with E-state index in [9.17, 15) is 35.9 Å². The Kier molecular flexibility index (Phi) is 16.4. The maximum absolute atomic E-state index is 12.0. The fourth-order valence-electron chi connectivity index (χ4n) is 7.21. The van der Waals surface area contributed by atoms with Crippen LogP contribution in [0.5, 0.6) is 0 Å². The molecule has 18 heteroatoms. The molecule has 0 spiro atoms. The molecule has 7 atom stereocenters. The van der Waals surface area contributed by atoms with Gasteiger partial charge in [-0.05, 0) is 105 Å². The normalized spacial score (nSPS) is 30.1. The Morgan fingerprint density at radius 1 is 0.596 bits per heavy atom. The van der Waals surface area contributed by atoms with Crippen LogP contribution in [0.2, 0.25) is 0 Å².